The van der Waals surface area contributed by atoms with Gasteiger partial charge in [0.1, 0.15) is 11.7 Å². The summed E-state index contributed by atoms with van der Waals surface area (Å²) in [6, 6.07) is 0. The molecule has 0 radical (unpaired) electrons. The van der Waals surface area contributed by atoms with Crippen LogP contribution in [0.1, 0.15) is 20.3 Å². The second-order valence-electron chi connectivity index (χ2n) is 1.77. The zero-order chi connectivity index (χ0) is 7.44. The molecule has 0 aromatic carbocycles. The minimum absolute atomic E-state index is 0.0787. The summed E-state index contributed by atoms with van der Waals surface area (Å²) in [6.45, 7) is 5.89. The first-order valence-corrected chi connectivity index (χ1v) is 2.79. The van der Waals surface area contributed by atoms with Crippen molar-refractivity contribution in [2.24, 2.45) is 0 Å². The Bertz CT molecular complexity index is 141. The van der Waals surface area contributed by atoms with Crippen molar-refractivity contribution in [1.82, 2.24) is 0 Å². The molecule has 0 N–H and O–H groups in total. The van der Waals surface area contributed by atoms with Crippen LogP contribution in [0.2, 0.25) is 0 Å². The summed E-state index contributed by atoms with van der Waals surface area (Å²) < 4.78 is 24.3. The Balaban J connectivity index is 4.35. The van der Waals surface area contributed by atoms with E-state index in [9.17, 15) is 8.78 Å². The zero-order valence-corrected chi connectivity index (χ0v) is 5.67. The fraction of sp³-hybridized carbons (Fsp3) is 0.429. The molecule has 0 aromatic heterocycles. The molecule has 0 aliphatic carbocycles. The van der Waals surface area contributed by atoms with Gasteiger partial charge in [-0.05, 0) is 13.3 Å². The molecule has 0 heterocycles. The maximum Gasteiger partial charge on any atom is 0.121 e. The van der Waals surface area contributed by atoms with Crippen molar-refractivity contribution in [3.8, 4) is 0 Å². The molecule has 0 atom stereocenters. The van der Waals surface area contributed by atoms with E-state index in [1.807, 2.05) is 0 Å². The smallest absolute Gasteiger partial charge is 0.121 e. The summed E-state index contributed by atoms with van der Waals surface area (Å²) >= 11 is 0. The lowest BCUT2D eigenvalue weighted by Gasteiger charge is -1.97. The van der Waals surface area contributed by atoms with Gasteiger partial charge in [-0.1, -0.05) is 13.5 Å². The first-order chi connectivity index (χ1) is 4.09. The molecule has 0 aliphatic rings. The zero-order valence-electron chi connectivity index (χ0n) is 5.67. The van der Waals surface area contributed by atoms with Crippen molar-refractivity contribution in [2.75, 3.05) is 0 Å². The Hall–Kier alpha value is -0.660. The van der Waals surface area contributed by atoms with Crippen LogP contribution in [-0.2, 0) is 0 Å². The molecule has 0 aliphatic heterocycles. The summed E-state index contributed by atoms with van der Waals surface area (Å²) in [5.74, 6) is -1.15. The van der Waals surface area contributed by atoms with Crippen molar-refractivity contribution < 1.29 is 8.78 Å². The summed E-state index contributed by atoms with van der Waals surface area (Å²) in [5, 5.41) is 0. The van der Waals surface area contributed by atoms with Gasteiger partial charge in [0.2, 0.25) is 0 Å². The Morgan fingerprint density at radius 1 is 1.44 bits per heavy atom. The highest BCUT2D eigenvalue weighted by atomic mass is 19.1. The van der Waals surface area contributed by atoms with Crippen LogP contribution in [0.15, 0.2) is 23.8 Å². The molecule has 0 spiro atoms. The van der Waals surface area contributed by atoms with Crippen LogP contribution < -0.4 is 0 Å². The summed E-state index contributed by atoms with van der Waals surface area (Å²) in [6.07, 6.45) is 0.359. The highest BCUT2D eigenvalue weighted by molar-refractivity contribution is 5.23. The van der Waals surface area contributed by atoms with E-state index in [4.69, 9.17) is 0 Å². The van der Waals surface area contributed by atoms with Crippen molar-refractivity contribution >= 4 is 0 Å². The minimum atomic E-state index is -0.669. The van der Waals surface area contributed by atoms with Crippen molar-refractivity contribution in [3.05, 3.63) is 23.8 Å². The number of rotatable bonds is 2. The predicted octanol–water partition coefficient (Wildman–Crippen LogP) is 3.12. The third kappa shape index (κ3) is 2.40. The van der Waals surface area contributed by atoms with Gasteiger partial charge >= 0.3 is 0 Å². The van der Waals surface area contributed by atoms with Crippen LogP contribution >= 0.6 is 0 Å². The standard InChI is InChI=1S/C7H10F2/c1-4-7(5(2)8)6(3)9/h2,4H2,1,3H3. The van der Waals surface area contributed by atoms with Crippen LogP contribution in [0.5, 0.6) is 0 Å². The van der Waals surface area contributed by atoms with Crippen LogP contribution in [0.25, 0.3) is 0 Å². The van der Waals surface area contributed by atoms with Gasteiger partial charge in [-0.3, -0.25) is 0 Å². The van der Waals surface area contributed by atoms with Crippen molar-refractivity contribution in [2.45, 2.75) is 20.3 Å². The van der Waals surface area contributed by atoms with Crippen LogP contribution in [0, 0.1) is 0 Å². The van der Waals surface area contributed by atoms with E-state index in [0.717, 1.165) is 0 Å². The molecule has 0 saturated carbocycles. The average molecular weight is 132 g/mol. The maximum atomic E-state index is 12.2. The van der Waals surface area contributed by atoms with E-state index in [1.165, 1.54) is 6.92 Å². The van der Waals surface area contributed by atoms with Gasteiger partial charge in [0.25, 0.3) is 0 Å². The van der Waals surface area contributed by atoms with E-state index in [1.54, 1.807) is 6.92 Å². The lowest BCUT2D eigenvalue weighted by molar-refractivity contribution is 0.587. The summed E-state index contributed by atoms with van der Waals surface area (Å²) in [7, 11) is 0. The van der Waals surface area contributed by atoms with Gasteiger partial charge in [0.05, 0.1) is 0 Å². The highest BCUT2D eigenvalue weighted by Crippen LogP contribution is 2.17. The molecule has 0 amide bonds. The fourth-order valence-corrected chi connectivity index (χ4v) is 0.622. The SMILES string of the molecule is C=C(F)C(CC)=C(C)F. The van der Waals surface area contributed by atoms with Gasteiger partial charge in [-0.25, -0.2) is 8.78 Å². The second-order valence-corrected chi connectivity index (χ2v) is 1.77. The summed E-state index contributed by atoms with van der Waals surface area (Å²) in [5.41, 5.74) is 0.0787. The van der Waals surface area contributed by atoms with E-state index in [0.29, 0.717) is 6.42 Å². The molecule has 52 valence electrons. The van der Waals surface area contributed by atoms with E-state index in [-0.39, 0.29) is 5.57 Å². The number of hydrogen-bond acceptors (Lipinski definition) is 0. The molecule has 0 unspecified atom stereocenters. The first kappa shape index (κ1) is 8.34. The summed E-state index contributed by atoms with van der Waals surface area (Å²) in [4.78, 5) is 0. The third-order valence-corrected chi connectivity index (χ3v) is 1.10. The normalized spacial score (nSPS) is 12.9. The quantitative estimate of drug-likeness (QED) is 0.506. The van der Waals surface area contributed by atoms with Gasteiger partial charge in [-0.2, -0.15) is 0 Å². The average Bonchev–Trinajstić information content (AvgIpc) is 1.64. The lowest BCUT2D eigenvalue weighted by atomic mass is 10.2. The van der Waals surface area contributed by atoms with E-state index >= 15 is 0 Å². The highest BCUT2D eigenvalue weighted by Gasteiger charge is 2.02. The van der Waals surface area contributed by atoms with Crippen molar-refractivity contribution in [3.63, 3.8) is 0 Å². The van der Waals surface area contributed by atoms with Gasteiger partial charge in [0.15, 0.2) is 0 Å². The third-order valence-electron chi connectivity index (χ3n) is 1.10. The van der Waals surface area contributed by atoms with Crippen LogP contribution in [0.3, 0.4) is 0 Å². The number of allylic oxidation sites excluding steroid dienone is 3. The van der Waals surface area contributed by atoms with Gasteiger partial charge in [-0.15, -0.1) is 0 Å². The van der Waals surface area contributed by atoms with Gasteiger partial charge < -0.3 is 0 Å². The van der Waals surface area contributed by atoms with E-state index in [2.05, 4.69) is 6.58 Å². The first-order valence-electron chi connectivity index (χ1n) is 2.79. The lowest BCUT2D eigenvalue weighted by Crippen LogP contribution is -1.81. The number of hydrogen-bond donors (Lipinski definition) is 0. The Labute approximate surface area is 53.9 Å². The Morgan fingerprint density at radius 3 is 1.89 bits per heavy atom. The fourth-order valence-electron chi connectivity index (χ4n) is 0.622. The topological polar surface area (TPSA) is 0 Å². The molecule has 0 fully saturated rings. The minimum Gasteiger partial charge on any atom is -0.212 e. The molecule has 0 bridgehead atoms. The predicted molar refractivity (Wildman–Crippen MR) is 34.3 cm³/mol. The molecule has 2 heteroatoms. The molecule has 9 heavy (non-hydrogen) atoms. The maximum absolute atomic E-state index is 12.2. The molecule has 0 rings (SSSR count). The molecular formula is C7H10F2. The van der Waals surface area contributed by atoms with E-state index < -0.39 is 11.7 Å². The number of halogens is 2. The molecular weight excluding hydrogens is 122 g/mol. The Kier molecular flexibility index (Phi) is 3.13. The molecule has 0 aromatic rings. The second kappa shape index (κ2) is 3.38. The Morgan fingerprint density at radius 2 is 1.89 bits per heavy atom. The largest absolute Gasteiger partial charge is 0.212 e. The monoisotopic (exact) mass is 132 g/mol. The van der Waals surface area contributed by atoms with Crippen LogP contribution in [0.4, 0.5) is 8.78 Å². The molecule has 0 saturated heterocycles. The molecule has 0 nitrogen and oxygen atoms in total. The van der Waals surface area contributed by atoms with Crippen molar-refractivity contribution in [1.29, 1.82) is 0 Å². The van der Waals surface area contributed by atoms with Gasteiger partial charge in [0, 0.05) is 5.57 Å². The van der Waals surface area contributed by atoms with Crippen LogP contribution in [-0.4, -0.2) is 0 Å².